The molecule has 13 heteroatoms. The van der Waals surface area contributed by atoms with Crippen LogP contribution in [0.1, 0.15) is 5.69 Å². The molecule has 2 N–H and O–H groups in total. The first kappa shape index (κ1) is 23.0. The lowest BCUT2D eigenvalue weighted by atomic mass is 10.1. The van der Waals surface area contributed by atoms with E-state index < -0.39 is 24.0 Å². The van der Waals surface area contributed by atoms with Crippen molar-refractivity contribution in [3.8, 4) is 23.0 Å². The highest BCUT2D eigenvalue weighted by atomic mass is 79.9. The van der Waals surface area contributed by atoms with E-state index in [1.54, 1.807) is 31.6 Å². The second kappa shape index (κ2) is 9.75. The van der Waals surface area contributed by atoms with Gasteiger partial charge in [0, 0.05) is 28.4 Å². The number of ether oxygens (including phenoxy) is 2. The van der Waals surface area contributed by atoms with E-state index in [4.69, 9.17) is 9.47 Å². The lowest BCUT2D eigenvalue weighted by Gasteiger charge is -2.13. The number of benzene rings is 1. The van der Waals surface area contributed by atoms with Crippen molar-refractivity contribution >= 4 is 43.8 Å². The fraction of sp³-hybridized carbons (Fsp3) is 0.200. The van der Waals surface area contributed by atoms with E-state index in [2.05, 4.69) is 45.6 Å². The molecule has 0 radical (unpaired) electrons. The van der Waals surface area contributed by atoms with Crippen molar-refractivity contribution in [1.29, 1.82) is 0 Å². The maximum Gasteiger partial charge on any atom is 0.272 e. The first-order chi connectivity index (χ1) is 15.9. The molecule has 3 aromatic heterocycles. The maximum atomic E-state index is 13.1. The normalized spacial score (nSPS) is 12.2. The number of halogens is 3. The van der Waals surface area contributed by atoms with Crippen LogP contribution < -0.4 is 14.2 Å². The molecule has 0 saturated carbocycles. The third kappa shape index (κ3) is 4.78. The molecule has 1 unspecified atom stereocenters. The Morgan fingerprint density at radius 1 is 1.24 bits per heavy atom. The van der Waals surface area contributed by atoms with Gasteiger partial charge in [-0.3, -0.25) is 4.72 Å². The van der Waals surface area contributed by atoms with E-state index in [0.29, 0.717) is 21.6 Å². The summed E-state index contributed by atoms with van der Waals surface area (Å²) >= 11 is 3.52. The Bertz CT molecular complexity index is 1320. The van der Waals surface area contributed by atoms with Gasteiger partial charge in [-0.2, -0.15) is 4.98 Å². The number of nitrogens with zero attached hydrogens (tertiary/aromatic N) is 4. The van der Waals surface area contributed by atoms with Crippen LogP contribution >= 0.6 is 15.9 Å². The van der Waals surface area contributed by atoms with Gasteiger partial charge in [-0.05, 0) is 35.0 Å². The molecule has 0 amide bonds. The number of aryl methyl sites for hydroxylation is 1. The zero-order valence-corrected chi connectivity index (χ0v) is 19.7. The van der Waals surface area contributed by atoms with Crippen LogP contribution in [-0.4, -0.2) is 49.3 Å². The summed E-state index contributed by atoms with van der Waals surface area (Å²) in [5.74, 6) is 0.447. The van der Waals surface area contributed by atoms with Crippen molar-refractivity contribution in [3.05, 3.63) is 47.0 Å². The number of H-pyrrole nitrogens is 1. The molecule has 0 aliphatic heterocycles. The van der Waals surface area contributed by atoms with Gasteiger partial charge in [-0.1, -0.05) is 6.07 Å². The third-order valence-corrected chi connectivity index (χ3v) is 6.26. The van der Waals surface area contributed by atoms with Crippen LogP contribution in [0.15, 0.2) is 46.2 Å². The largest absolute Gasteiger partial charge is 0.480 e. The molecule has 0 bridgehead atoms. The molecule has 33 heavy (non-hydrogen) atoms. The molecule has 0 aliphatic rings. The summed E-state index contributed by atoms with van der Waals surface area (Å²) in [5, 5.41) is 0.687. The Balaban J connectivity index is 1.66. The molecule has 0 saturated heterocycles. The van der Waals surface area contributed by atoms with Crippen molar-refractivity contribution in [3.63, 3.8) is 0 Å². The Hall–Kier alpha value is -3.19. The highest BCUT2D eigenvalue weighted by Gasteiger charge is 2.20. The van der Waals surface area contributed by atoms with Crippen molar-refractivity contribution in [2.45, 2.75) is 18.2 Å². The smallest absolute Gasteiger partial charge is 0.272 e. The quantitative estimate of drug-likeness (QED) is 0.344. The average Bonchev–Trinajstić information content (AvgIpc) is 3.22. The fourth-order valence-corrected chi connectivity index (χ4v) is 4.53. The van der Waals surface area contributed by atoms with Gasteiger partial charge in [0.1, 0.15) is 6.61 Å². The second-order valence-electron chi connectivity index (χ2n) is 6.61. The number of fused-ring (bicyclic) bond motifs is 1. The van der Waals surface area contributed by atoms with Gasteiger partial charge in [-0.15, -0.1) is 0 Å². The molecule has 0 aliphatic carbocycles. The van der Waals surface area contributed by atoms with E-state index in [9.17, 15) is 13.0 Å². The highest BCUT2D eigenvalue weighted by molar-refractivity contribution is 9.10. The number of aromatic amines is 1. The zero-order valence-electron chi connectivity index (χ0n) is 17.3. The van der Waals surface area contributed by atoms with Gasteiger partial charge in [0.25, 0.3) is 12.3 Å². The van der Waals surface area contributed by atoms with Crippen molar-refractivity contribution < 1.29 is 22.5 Å². The fourth-order valence-electron chi connectivity index (χ4n) is 3.12. The van der Waals surface area contributed by atoms with E-state index in [-0.39, 0.29) is 23.3 Å². The number of rotatable bonds is 8. The van der Waals surface area contributed by atoms with E-state index in [1.165, 1.54) is 7.11 Å². The van der Waals surface area contributed by atoms with Crippen LogP contribution in [0.25, 0.3) is 22.3 Å². The monoisotopic (exact) mass is 538 g/mol. The number of hydrogen-bond acceptors (Lipinski definition) is 7. The molecule has 3 heterocycles. The SMILES string of the molecule is COc1nc(NS(=O)c2c[nH]c3c(-c4ncccn4)c(Br)ccc23)nc(C)c1OCC(F)F. The number of aromatic nitrogens is 5. The molecule has 0 spiro atoms. The molecule has 1 atom stereocenters. The molecular formula is C20H17BrF2N6O3S. The predicted molar refractivity (Wildman–Crippen MR) is 122 cm³/mol. The van der Waals surface area contributed by atoms with Crippen LogP contribution in [0.2, 0.25) is 0 Å². The summed E-state index contributed by atoms with van der Waals surface area (Å²) in [7, 11) is -0.442. The van der Waals surface area contributed by atoms with E-state index in [0.717, 1.165) is 10.0 Å². The lowest BCUT2D eigenvalue weighted by Crippen LogP contribution is -2.13. The lowest BCUT2D eigenvalue weighted by molar-refractivity contribution is 0.0795. The van der Waals surface area contributed by atoms with Gasteiger partial charge in [0.2, 0.25) is 11.7 Å². The number of methoxy groups -OCH3 is 1. The summed E-state index contributed by atoms with van der Waals surface area (Å²) in [4.78, 5) is 20.4. The van der Waals surface area contributed by atoms with Crippen LogP contribution in [0.3, 0.4) is 0 Å². The molecular weight excluding hydrogens is 522 g/mol. The van der Waals surface area contributed by atoms with E-state index >= 15 is 0 Å². The topological polar surface area (TPSA) is 115 Å². The summed E-state index contributed by atoms with van der Waals surface area (Å²) < 4.78 is 51.8. The van der Waals surface area contributed by atoms with Gasteiger partial charge in [0.05, 0.1) is 28.8 Å². The standard InChI is InChI=1S/C20H17BrF2N6O3S/c1-10-17(32-9-14(22)23)19(31-2)28-20(27-10)29-33(30)13-8-26-16-11(13)4-5-12(21)15(16)18-24-6-3-7-25-18/h3-8,14,26H,9H2,1-2H3,(H,27,28,29). The maximum absolute atomic E-state index is 13.1. The van der Waals surface area contributed by atoms with Crippen molar-refractivity contribution in [2.24, 2.45) is 0 Å². The van der Waals surface area contributed by atoms with E-state index in [1.807, 2.05) is 12.1 Å². The first-order valence-corrected chi connectivity index (χ1v) is 11.4. The Kier molecular flexibility index (Phi) is 6.79. The molecule has 9 nitrogen and oxygen atoms in total. The van der Waals surface area contributed by atoms with Gasteiger partial charge < -0.3 is 14.5 Å². The summed E-state index contributed by atoms with van der Waals surface area (Å²) in [6.45, 7) is 0.728. The molecule has 4 aromatic rings. The third-order valence-electron chi connectivity index (χ3n) is 4.49. The molecule has 4 rings (SSSR count). The van der Waals surface area contributed by atoms with Gasteiger partial charge >= 0.3 is 0 Å². The highest BCUT2D eigenvalue weighted by Crippen LogP contribution is 2.35. The minimum atomic E-state index is -2.66. The molecule has 1 aromatic carbocycles. The van der Waals surface area contributed by atoms with Crippen LogP contribution in [0, 0.1) is 6.92 Å². The van der Waals surface area contributed by atoms with Crippen molar-refractivity contribution in [1.82, 2.24) is 24.9 Å². The van der Waals surface area contributed by atoms with Crippen LogP contribution in [0.4, 0.5) is 14.7 Å². The number of anilines is 1. The van der Waals surface area contributed by atoms with Gasteiger partial charge in [-0.25, -0.2) is 27.9 Å². The summed E-state index contributed by atoms with van der Waals surface area (Å²) in [6.07, 6.45) is 2.22. The zero-order chi connectivity index (χ0) is 23.5. The minimum absolute atomic E-state index is 0.00132. The number of hydrogen-bond donors (Lipinski definition) is 2. The second-order valence-corrected chi connectivity index (χ2v) is 8.65. The van der Waals surface area contributed by atoms with Gasteiger partial charge in [0.15, 0.2) is 16.8 Å². The summed E-state index contributed by atoms with van der Waals surface area (Å²) in [5.41, 5.74) is 1.69. The molecule has 0 fully saturated rings. The van der Waals surface area contributed by atoms with Crippen LogP contribution in [-0.2, 0) is 11.0 Å². The average molecular weight is 539 g/mol. The number of nitrogens with one attached hydrogen (secondary N) is 2. The first-order valence-electron chi connectivity index (χ1n) is 9.48. The predicted octanol–water partition coefficient (Wildman–Crippen LogP) is 4.27. The van der Waals surface area contributed by atoms with Crippen molar-refractivity contribution in [2.75, 3.05) is 18.4 Å². The number of alkyl halides is 2. The Morgan fingerprint density at radius 2 is 2.00 bits per heavy atom. The summed E-state index contributed by atoms with van der Waals surface area (Å²) in [6, 6.07) is 5.35. The Morgan fingerprint density at radius 3 is 2.70 bits per heavy atom. The minimum Gasteiger partial charge on any atom is -0.480 e. The molecule has 172 valence electrons. The van der Waals surface area contributed by atoms with Crippen LogP contribution in [0.5, 0.6) is 11.6 Å². The Labute approximate surface area is 197 Å².